The maximum Gasteiger partial charge on any atom is 0.573 e. The zero-order chi connectivity index (χ0) is 11.6. The van der Waals surface area contributed by atoms with Crippen LogP contribution in [0.4, 0.5) is 13.2 Å². The van der Waals surface area contributed by atoms with Crippen molar-refractivity contribution in [2.24, 2.45) is 5.73 Å². The fraction of sp³-hybridized carbons (Fsp3) is 0.400. The van der Waals surface area contributed by atoms with Gasteiger partial charge in [0, 0.05) is 6.04 Å². The third-order valence-corrected chi connectivity index (χ3v) is 1.95. The van der Waals surface area contributed by atoms with Crippen LogP contribution in [0.2, 0.25) is 0 Å². The van der Waals surface area contributed by atoms with Crippen LogP contribution in [0.25, 0.3) is 0 Å². The summed E-state index contributed by atoms with van der Waals surface area (Å²) >= 11 is 0. The topological polar surface area (TPSA) is 35.2 Å². The minimum absolute atomic E-state index is 0. The Labute approximate surface area is 98.0 Å². The number of nitrogens with two attached hydrogens (primary N) is 1. The minimum Gasteiger partial charge on any atom is -0.406 e. The molecule has 1 rings (SSSR count). The molecule has 16 heavy (non-hydrogen) atoms. The lowest BCUT2D eigenvalue weighted by molar-refractivity contribution is -0.274. The van der Waals surface area contributed by atoms with Crippen molar-refractivity contribution in [1.29, 1.82) is 0 Å². The summed E-state index contributed by atoms with van der Waals surface area (Å²) in [5.74, 6) is -0.188. The van der Waals surface area contributed by atoms with E-state index in [9.17, 15) is 13.2 Å². The number of aryl methyl sites for hydroxylation is 1. The molecule has 2 N–H and O–H groups in total. The molecule has 2 nitrogen and oxygen atoms in total. The number of ether oxygens (including phenoxy) is 1. The molecule has 1 atom stereocenters. The molecule has 0 aliphatic heterocycles. The summed E-state index contributed by atoms with van der Waals surface area (Å²) in [4.78, 5) is 0. The van der Waals surface area contributed by atoms with E-state index in [1.165, 1.54) is 12.1 Å². The molecule has 6 heteroatoms. The zero-order valence-corrected chi connectivity index (χ0v) is 9.65. The Morgan fingerprint density at radius 3 is 2.25 bits per heavy atom. The monoisotopic (exact) mass is 255 g/mol. The van der Waals surface area contributed by atoms with E-state index in [4.69, 9.17) is 5.73 Å². The molecular weight excluding hydrogens is 243 g/mol. The van der Waals surface area contributed by atoms with E-state index in [2.05, 4.69) is 4.74 Å². The molecule has 0 aliphatic carbocycles. The lowest BCUT2D eigenvalue weighted by atomic mass is 10.1. The lowest BCUT2D eigenvalue weighted by Crippen LogP contribution is -2.18. The van der Waals surface area contributed by atoms with Gasteiger partial charge in [-0.3, -0.25) is 0 Å². The highest BCUT2D eigenvalue weighted by atomic mass is 35.5. The second-order valence-corrected chi connectivity index (χ2v) is 3.36. The van der Waals surface area contributed by atoms with Gasteiger partial charge in [0.25, 0.3) is 0 Å². The molecule has 1 aromatic rings. The molecule has 1 unspecified atom stereocenters. The van der Waals surface area contributed by atoms with Crippen LogP contribution in [-0.2, 0) is 0 Å². The van der Waals surface area contributed by atoms with Crippen molar-refractivity contribution in [2.75, 3.05) is 0 Å². The first-order valence-corrected chi connectivity index (χ1v) is 4.41. The average Bonchev–Trinajstić information content (AvgIpc) is 2.05. The molecule has 0 aliphatic rings. The van der Waals surface area contributed by atoms with E-state index in [1.54, 1.807) is 19.9 Å². The number of hydrogen-bond donors (Lipinski definition) is 1. The van der Waals surface area contributed by atoms with Gasteiger partial charge in [-0.15, -0.1) is 25.6 Å². The predicted molar refractivity (Wildman–Crippen MR) is 57.7 cm³/mol. The first-order chi connectivity index (χ1) is 6.79. The molecule has 0 saturated heterocycles. The highest BCUT2D eigenvalue weighted by Crippen LogP contribution is 2.27. The smallest absolute Gasteiger partial charge is 0.406 e. The van der Waals surface area contributed by atoms with E-state index in [1.807, 2.05) is 0 Å². The van der Waals surface area contributed by atoms with Gasteiger partial charge in [0.1, 0.15) is 5.75 Å². The fourth-order valence-corrected chi connectivity index (χ4v) is 1.20. The number of rotatable bonds is 2. The van der Waals surface area contributed by atoms with Crippen molar-refractivity contribution in [3.05, 3.63) is 29.3 Å². The van der Waals surface area contributed by atoms with Crippen LogP contribution in [0.5, 0.6) is 5.75 Å². The predicted octanol–water partition coefficient (Wildman–Crippen LogP) is 3.34. The molecule has 0 heterocycles. The lowest BCUT2D eigenvalue weighted by Gasteiger charge is -2.13. The van der Waals surface area contributed by atoms with Gasteiger partial charge in [0.2, 0.25) is 0 Å². The number of hydrogen-bond acceptors (Lipinski definition) is 2. The van der Waals surface area contributed by atoms with Gasteiger partial charge >= 0.3 is 6.36 Å². The fourth-order valence-electron chi connectivity index (χ4n) is 1.20. The van der Waals surface area contributed by atoms with Crippen LogP contribution < -0.4 is 10.5 Å². The average molecular weight is 256 g/mol. The van der Waals surface area contributed by atoms with Gasteiger partial charge in [0.15, 0.2) is 0 Å². The van der Waals surface area contributed by atoms with Crippen LogP contribution in [-0.4, -0.2) is 6.36 Å². The Morgan fingerprint density at radius 2 is 1.88 bits per heavy atom. The largest absolute Gasteiger partial charge is 0.573 e. The van der Waals surface area contributed by atoms with E-state index in [0.717, 1.165) is 5.56 Å². The van der Waals surface area contributed by atoms with E-state index in [-0.39, 0.29) is 24.2 Å². The molecule has 92 valence electrons. The van der Waals surface area contributed by atoms with E-state index in [0.29, 0.717) is 5.56 Å². The Hall–Kier alpha value is -0.940. The third-order valence-electron chi connectivity index (χ3n) is 1.95. The molecule has 0 bridgehead atoms. The number of halogens is 4. The molecule has 0 fully saturated rings. The highest BCUT2D eigenvalue weighted by molar-refractivity contribution is 5.85. The van der Waals surface area contributed by atoms with Gasteiger partial charge in [0.05, 0.1) is 0 Å². The van der Waals surface area contributed by atoms with Crippen molar-refractivity contribution in [2.45, 2.75) is 26.3 Å². The van der Waals surface area contributed by atoms with Gasteiger partial charge in [-0.2, -0.15) is 0 Å². The molecule has 0 aromatic heterocycles. The number of benzene rings is 1. The van der Waals surface area contributed by atoms with Gasteiger partial charge in [-0.25, -0.2) is 0 Å². The summed E-state index contributed by atoms with van der Waals surface area (Å²) in [7, 11) is 0. The van der Waals surface area contributed by atoms with E-state index >= 15 is 0 Å². The second-order valence-electron chi connectivity index (χ2n) is 3.36. The zero-order valence-electron chi connectivity index (χ0n) is 8.84. The summed E-state index contributed by atoms with van der Waals surface area (Å²) in [6.07, 6.45) is -4.65. The quantitative estimate of drug-likeness (QED) is 0.880. The first-order valence-electron chi connectivity index (χ1n) is 4.41. The van der Waals surface area contributed by atoms with Gasteiger partial charge < -0.3 is 10.5 Å². The molecular formula is C10H13ClF3NO. The summed E-state index contributed by atoms with van der Waals surface area (Å²) in [6, 6.07) is 4.19. The number of alkyl halides is 3. The standard InChI is InChI=1S/C10H12F3NO.ClH/c1-6-5-8(7(2)14)3-4-9(6)15-10(11,12)13;/h3-5,7H,14H2,1-2H3;1H. The van der Waals surface area contributed by atoms with Crippen LogP contribution in [0.1, 0.15) is 24.1 Å². The Balaban J connectivity index is 0.00000225. The summed E-state index contributed by atoms with van der Waals surface area (Å²) < 4.78 is 39.6. The Bertz CT molecular complexity index is 352. The second kappa shape index (κ2) is 5.41. The Morgan fingerprint density at radius 1 is 1.31 bits per heavy atom. The van der Waals surface area contributed by atoms with Crippen LogP contribution in [0, 0.1) is 6.92 Å². The SMILES string of the molecule is Cc1cc(C(C)N)ccc1OC(F)(F)F.Cl. The van der Waals surface area contributed by atoms with Crippen molar-refractivity contribution in [3.8, 4) is 5.75 Å². The van der Waals surface area contributed by atoms with Crippen LogP contribution >= 0.6 is 12.4 Å². The molecule has 0 amide bonds. The van der Waals surface area contributed by atoms with Crippen molar-refractivity contribution >= 4 is 12.4 Å². The normalized spacial score (nSPS) is 12.9. The van der Waals surface area contributed by atoms with Crippen molar-refractivity contribution < 1.29 is 17.9 Å². The van der Waals surface area contributed by atoms with Crippen LogP contribution in [0.15, 0.2) is 18.2 Å². The van der Waals surface area contributed by atoms with Crippen LogP contribution in [0.3, 0.4) is 0 Å². The van der Waals surface area contributed by atoms with Crippen molar-refractivity contribution in [3.63, 3.8) is 0 Å². The summed E-state index contributed by atoms with van der Waals surface area (Å²) in [5, 5.41) is 0. The molecule has 1 aromatic carbocycles. The molecule has 0 saturated carbocycles. The minimum atomic E-state index is -4.65. The Kier molecular flexibility index (Phi) is 5.09. The molecule has 0 spiro atoms. The highest BCUT2D eigenvalue weighted by Gasteiger charge is 2.31. The summed E-state index contributed by atoms with van der Waals surface area (Å²) in [5.41, 5.74) is 6.80. The van der Waals surface area contributed by atoms with E-state index < -0.39 is 6.36 Å². The maximum absolute atomic E-state index is 11.9. The first kappa shape index (κ1) is 15.1. The van der Waals surface area contributed by atoms with Gasteiger partial charge in [-0.1, -0.05) is 12.1 Å². The molecule has 0 radical (unpaired) electrons. The maximum atomic E-state index is 11.9. The third kappa shape index (κ3) is 4.28. The van der Waals surface area contributed by atoms with Gasteiger partial charge in [-0.05, 0) is 31.0 Å². The summed E-state index contributed by atoms with van der Waals surface area (Å²) in [6.45, 7) is 3.31. The van der Waals surface area contributed by atoms with Crippen molar-refractivity contribution in [1.82, 2.24) is 0 Å².